The Balaban J connectivity index is 0.000000824. The third-order valence-corrected chi connectivity index (χ3v) is 5.24. The Morgan fingerprint density at radius 3 is 2.10 bits per heavy atom. The van der Waals surface area contributed by atoms with Gasteiger partial charge in [0.15, 0.2) is 0 Å². The molecule has 2 rings (SSSR count). The van der Waals surface area contributed by atoms with Crippen LogP contribution in [0.25, 0.3) is 0 Å². The van der Waals surface area contributed by atoms with Crippen molar-refractivity contribution in [2.75, 3.05) is 33.5 Å². The standard InChI is InChI=1S/C19H19ClF4N2O5.C4H4O4/c1-30-18(29)15-11(7-21)26-12(8-31-6-5-25)14(17(27)28)13(15)9-3-2-4-10(16(9)20)19(22,23)24;5-3(6)1-2-4(7)8/h2-4,13,26H,5-8,25H2,1H3,(H,27,28);1-2H,(H,5,6)(H,7,8)/b;2-1-. The van der Waals surface area contributed by atoms with Crippen LogP contribution in [-0.4, -0.2) is 72.7 Å². The van der Waals surface area contributed by atoms with E-state index in [4.69, 9.17) is 32.3 Å². The topological polar surface area (TPSA) is 185 Å². The fourth-order valence-electron chi connectivity index (χ4n) is 3.34. The lowest BCUT2D eigenvalue weighted by Gasteiger charge is -2.31. The molecular formula is C23H23ClF4N2O9. The second-order valence-corrected chi connectivity index (χ2v) is 7.71. The van der Waals surface area contributed by atoms with Gasteiger partial charge in [-0.05, 0) is 11.6 Å². The zero-order valence-electron chi connectivity index (χ0n) is 20.1. The molecule has 0 saturated carbocycles. The highest BCUT2D eigenvalue weighted by Crippen LogP contribution is 2.45. The van der Waals surface area contributed by atoms with Crippen LogP contribution in [0.4, 0.5) is 17.6 Å². The lowest BCUT2D eigenvalue weighted by atomic mass is 9.79. The van der Waals surface area contributed by atoms with E-state index in [9.17, 15) is 41.8 Å². The normalized spacial score (nSPS) is 15.4. The highest BCUT2D eigenvalue weighted by molar-refractivity contribution is 6.32. The summed E-state index contributed by atoms with van der Waals surface area (Å²) in [6.45, 7) is -1.49. The first kappa shape index (κ1) is 33.1. The van der Waals surface area contributed by atoms with Crippen molar-refractivity contribution < 1.29 is 61.5 Å². The minimum Gasteiger partial charge on any atom is -0.478 e. The zero-order chi connectivity index (χ0) is 29.9. The minimum atomic E-state index is -4.85. The first-order valence-electron chi connectivity index (χ1n) is 10.6. The number of methoxy groups -OCH3 is 1. The molecule has 16 heteroatoms. The molecule has 1 aromatic rings. The van der Waals surface area contributed by atoms with Crippen LogP contribution < -0.4 is 11.1 Å². The molecule has 11 nitrogen and oxygen atoms in total. The molecule has 214 valence electrons. The van der Waals surface area contributed by atoms with E-state index in [0.29, 0.717) is 18.2 Å². The third-order valence-electron chi connectivity index (χ3n) is 4.82. The summed E-state index contributed by atoms with van der Waals surface area (Å²) in [5.74, 6) is -6.86. The molecule has 1 aliphatic heterocycles. The molecule has 0 aromatic heterocycles. The molecular weight excluding hydrogens is 560 g/mol. The lowest BCUT2D eigenvalue weighted by Crippen LogP contribution is -2.36. The number of allylic oxidation sites excluding steroid dienone is 1. The first-order chi connectivity index (χ1) is 18.2. The molecule has 0 bridgehead atoms. The second kappa shape index (κ2) is 14.8. The predicted molar refractivity (Wildman–Crippen MR) is 126 cm³/mol. The predicted octanol–water partition coefficient (Wildman–Crippen LogP) is 2.47. The van der Waals surface area contributed by atoms with Gasteiger partial charge in [0.25, 0.3) is 0 Å². The summed E-state index contributed by atoms with van der Waals surface area (Å²) in [6.07, 6.45) is -3.73. The van der Waals surface area contributed by atoms with Gasteiger partial charge >= 0.3 is 30.1 Å². The molecule has 39 heavy (non-hydrogen) atoms. The molecule has 0 radical (unpaired) electrons. The average molecular weight is 583 g/mol. The number of rotatable bonds is 10. The maximum Gasteiger partial charge on any atom is 0.417 e. The summed E-state index contributed by atoms with van der Waals surface area (Å²) in [7, 11) is 0.972. The number of ether oxygens (including phenoxy) is 2. The van der Waals surface area contributed by atoms with E-state index in [0.717, 1.165) is 19.2 Å². The van der Waals surface area contributed by atoms with Gasteiger partial charge in [0.1, 0.15) is 6.67 Å². The van der Waals surface area contributed by atoms with Crippen molar-refractivity contribution >= 4 is 35.5 Å². The summed E-state index contributed by atoms with van der Waals surface area (Å²) >= 11 is 6.00. The highest BCUT2D eigenvalue weighted by Gasteiger charge is 2.42. The highest BCUT2D eigenvalue weighted by atomic mass is 35.5. The van der Waals surface area contributed by atoms with E-state index in [1.54, 1.807) is 0 Å². The number of esters is 1. The largest absolute Gasteiger partial charge is 0.478 e. The zero-order valence-corrected chi connectivity index (χ0v) is 20.8. The number of carboxylic acids is 3. The molecule has 1 atom stereocenters. The first-order valence-corrected chi connectivity index (χ1v) is 11.0. The average Bonchev–Trinajstić information content (AvgIpc) is 2.86. The number of nitrogens with one attached hydrogen (secondary N) is 1. The molecule has 0 aliphatic carbocycles. The molecule has 1 aromatic carbocycles. The van der Waals surface area contributed by atoms with E-state index in [1.165, 1.54) is 0 Å². The Morgan fingerprint density at radius 1 is 1.08 bits per heavy atom. The van der Waals surface area contributed by atoms with E-state index >= 15 is 0 Å². The van der Waals surface area contributed by atoms with E-state index in [-0.39, 0.29) is 36.7 Å². The van der Waals surface area contributed by atoms with Crippen LogP contribution in [0.15, 0.2) is 52.9 Å². The van der Waals surface area contributed by atoms with E-state index in [2.05, 4.69) is 10.1 Å². The van der Waals surface area contributed by atoms with Gasteiger partial charge in [-0.2, -0.15) is 13.2 Å². The van der Waals surface area contributed by atoms with Crippen LogP contribution in [-0.2, 0) is 34.8 Å². The van der Waals surface area contributed by atoms with Crippen molar-refractivity contribution in [3.8, 4) is 0 Å². The smallest absolute Gasteiger partial charge is 0.417 e. The van der Waals surface area contributed by atoms with Gasteiger partial charge in [0.05, 0.1) is 59.4 Å². The van der Waals surface area contributed by atoms with Crippen molar-refractivity contribution in [3.05, 3.63) is 69.0 Å². The molecule has 1 aliphatic rings. The second-order valence-electron chi connectivity index (χ2n) is 7.33. The van der Waals surface area contributed by atoms with Crippen LogP contribution in [0.2, 0.25) is 5.02 Å². The number of carbonyl (C=O) groups is 4. The summed E-state index contributed by atoms with van der Waals surface area (Å²) in [5, 5.41) is 27.1. The maximum atomic E-state index is 13.8. The fourth-order valence-corrected chi connectivity index (χ4v) is 3.68. The molecule has 0 fully saturated rings. The maximum absolute atomic E-state index is 13.8. The third kappa shape index (κ3) is 9.08. The van der Waals surface area contributed by atoms with Gasteiger partial charge < -0.3 is 35.8 Å². The lowest BCUT2D eigenvalue weighted by molar-refractivity contribution is -0.137. The number of halogens is 5. The number of aliphatic carboxylic acids is 3. The van der Waals surface area contributed by atoms with E-state index < -0.39 is 64.4 Å². The van der Waals surface area contributed by atoms with Crippen molar-refractivity contribution in [1.29, 1.82) is 0 Å². The van der Waals surface area contributed by atoms with Crippen molar-refractivity contribution in [2.24, 2.45) is 5.73 Å². The Kier molecular flexibility index (Phi) is 12.6. The van der Waals surface area contributed by atoms with Gasteiger partial charge in [-0.15, -0.1) is 0 Å². The fraction of sp³-hybridized carbons (Fsp3) is 0.304. The SMILES string of the molecule is COC(=O)C1=C(CF)NC(COCCN)=C(C(=O)O)C1c1cccc(C(F)(F)F)c1Cl.O=C(O)/C=C\C(=O)O. The molecule has 0 saturated heterocycles. The Morgan fingerprint density at radius 2 is 1.67 bits per heavy atom. The molecule has 6 N–H and O–H groups in total. The summed E-state index contributed by atoms with van der Waals surface area (Å²) in [4.78, 5) is 43.7. The number of hydrogen-bond donors (Lipinski definition) is 5. The van der Waals surface area contributed by atoms with Crippen molar-refractivity contribution in [3.63, 3.8) is 0 Å². The number of benzene rings is 1. The molecule has 1 heterocycles. The van der Waals surface area contributed by atoms with Gasteiger partial charge in [-0.25, -0.2) is 23.6 Å². The van der Waals surface area contributed by atoms with Crippen LogP contribution in [0.1, 0.15) is 17.0 Å². The number of carboxylic acid groups (broad SMARTS) is 3. The van der Waals surface area contributed by atoms with Crippen LogP contribution in [0.3, 0.4) is 0 Å². The molecule has 0 spiro atoms. The van der Waals surface area contributed by atoms with Gasteiger partial charge in [-0.3, -0.25) is 0 Å². The Labute approximate surface area is 223 Å². The van der Waals surface area contributed by atoms with Crippen LogP contribution in [0.5, 0.6) is 0 Å². The monoisotopic (exact) mass is 582 g/mol. The number of dihydropyridines is 1. The van der Waals surface area contributed by atoms with Crippen LogP contribution in [0, 0.1) is 0 Å². The molecule has 1 unspecified atom stereocenters. The quantitative estimate of drug-likeness (QED) is 0.118. The van der Waals surface area contributed by atoms with Crippen molar-refractivity contribution in [1.82, 2.24) is 5.32 Å². The summed E-state index contributed by atoms with van der Waals surface area (Å²) in [6, 6.07) is 2.85. The van der Waals surface area contributed by atoms with Gasteiger partial charge in [-0.1, -0.05) is 23.7 Å². The molecule has 0 amide bonds. The minimum absolute atomic E-state index is 0.0333. The number of hydrogen-bond acceptors (Lipinski definition) is 8. The Hall–Kier alpha value is -3.95. The van der Waals surface area contributed by atoms with Gasteiger partial charge in [0, 0.05) is 18.7 Å². The Bertz CT molecular complexity index is 1180. The summed E-state index contributed by atoms with van der Waals surface area (Å²) < 4.78 is 63.8. The van der Waals surface area contributed by atoms with Gasteiger partial charge in [0.2, 0.25) is 0 Å². The van der Waals surface area contributed by atoms with E-state index in [1.807, 2.05) is 0 Å². The van der Waals surface area contributed by atoms with Crippen LogP contribution >= 0.6 is 11.6 Å². The summed E-state index contributed by atoms with van der Waals surface area (Å²) in [5.41, 5.74) is 2.19. The number of alkyl halides is 4. The number of carbonyl (C=O) groups excluding carboxylic acids is 1. The number of nitrogens with two attached hydrogens (primary N) is 1. The van der Waals surface area contributed by atoms with Crippen molar-refractivity contribution in [2.45, 2.75) is 12.1 Å².